The molecule has 2 nitrogen and oxygen atoms in total. The Kier molecular flexibility index (Phi) is 5.85. The molecule has 0 saturated carbocycles. The van der Waals surface area contributed by atoms with Gasteiger partial charge in [-0.25, -0.2) is 9.13 Å². The van der Waals surface area contributed by atoms with Crippen molar-refractivity contribution in [1.82, 2.24) is 4.57 Å². The summed E-state index contributed by atoms with van der Waals surface area (Å²) in [4.78, 5) is 0. The third-order valence-electron chi connectivity index (χ3n) is 3.91. The molecule has 20 heavy (non-hydrogen) atoms. The van der Waals surface area contributed by atoms with Crippen molar-refractivity contribution in [2.75, 3.05) is 0 Å². The fraction of sp³-hybridized carbons (Fsp3) is 0.500. The topological polar surface area (TPSA) is 8.81 Å². The molecule has 1 aromatic heterocycles. The minimum atomic E-state index is 0.978. The van der Waals surface area contributed by atoms with Crippen LogP contribution < -0.4 is 4.57 Å². The average Bonchev–Trinajstić information content (AvgIpc) is 2.81. The van der Waals surface area contributed by atoms with Crippen LogP contribution in [0.15, 0.2) is 42.7 Å². The van der Waals surface area contributed by atoms with Crippen molar-refractivity contribution in [2.45, 2.75) is 52.0 Å². The highest BCUT2D eigenvalue weighted by Gasteiger charge is 2.14. The maximum absolute atomic E-state index is 2.38. The van der Waals surface area contributed by atoms with E-state index in [0.717, 1.165) is 6.54 Å². The van der Waals surface area contributed by atoms with Crippen molar-refractivity contribution in [3.63, 3.8) is 0 Å². The van der Waals surface area contributed by atoms with Crippen LogP contribution in [0.25, 0.3) is 0 Å². The van der Waals surface area contributed by atoms with Gasteiger partial charge in [-0.2, -0.15) is 0 Å². The van der Waals surface area contributed by atoms with Crippen LogP contribution in [0.1, 0.15) is 50.4 Å². The molecule has 1 heterocycles. The molecule has 0 unspecified atom stereocenters. The zero-order valence-electron chi connectivity index (χ0n) is 12.9. The van der Waals surface area contributed by atoms with Gasteiger partial charge in [-0.1, -0.05) is 62.9 Å². The number of aromatic nitrogens is 2. The first kappa shape index (κ1) is 14.8. The second-order valence-corrected chi connectivity index (χ2v) is 5.60. The summed E-state index contributed by atoms with van der Waals surface area (Å²) in [5.74, 6) is 1.44. The Hall–Kier alpha value is -1.57. The second-order valence-electron chi connectivity index (χ2n) is 5.60. The van der Waals surface area contributed by atoms with E-state index in [1.807, 2.05) is 0 Å². The molecule has 0 saturated heterocycles. The fourth-order valence-corrected chi connectivity index (χ4v) is 2.69. The van der Waals surface area contributed by atoms with Crippen molar-refractivity contribution in [1.29, 1.82) is 0 Å². The second kappa shape index (κ2) is 7.88. The molecule has 0 bridgehead atoms. The van der Waals surface area contributed by atoms with Gasteiger partial charge in [0.15, 0.2) is 0 Å². The lowest BCUT2D eigenvalue weighted by Crippen LogP contribution is -2.32. The first-order chi connectivity index (χ1) is 9.81. The highest BCUT2D eigenvalue weighted by Crippen LogP contribution is 2.09. The standard InChI is InChI=1S/C18H27N2/c1-3-4-5-6-10-13-18-19(2)14-15-20(18)16-17-11-8-7-9-12-17/h7-9,11-12,14-15H,3-6,10,13,16H2,1-2H3/q+1. The van der Waals surface area contributed by atoms with Gasteiger partial charge in [0.1, 0.15) is 18.9 Å². The van der Waals surface area contributed by atoms with Gasteiger partial charge in [-0.05, 0) is 12.0 Å². The van der Waals surface area contributed by atoms with Gasteiger partial charge in [0.25, 0.3) is 5.82 Å². The molecule has 0 N–H and O–H groups in total. The molecule has 0 aliphatic heterocycles. The fourth-order valence-electron chi connectivity index (χ4n) is 2.69. The van der Waals surface area contributed by atoms with E-state index in [9.17, 15) is 0 Å². The lowest BCUT2D eigenvalue weighted by atomic mass is 10.1. The minimum Gasteiger partial charge on any atom is -0.237 e. The third-order valence-corrected chi connectivity index (χ3v) is 3.91. The van der Waals surface area contributed by atoms with E-state index in [-0.39, 0.29) is 0 Å². The first-order valence-electron chi connectivity index (χ1n) is 7.89. The molecule has 108 valence electrons. The van der Waals surface area contributed by atoms with Crippen molar-refractivity contribution < 1.29 is 4.57 Å². The molecule has 0 spiro atoms. The summed E-state index contributed by atoms with van der Waals surface area (Å²) in [6.07, 6.45) is 12.3. The van der Waals surface area contributed by atoms with Crippen LogP contribution in [0.4, 0.5) is 0 Å². The van der Waals surface area contributed by atoms with Gasteiger partial charge in [0, 0.05) is 6.42 Å². The van der Waals surface area contributed by atoms with Gasteiger partial charge in [-0.15, -0.1) is 0 Å². The Morgan fingerprint density at radius 2 is 1.75 bits per heavy atom. The summed E-state index contributed by atoms with van der Waals surface area (Å²) in [5.41, 5.74) is 1.37. The molecule has 0 atom stereocenters. The molecule has 2 rings (SSSR count). The van der Waals surface area contributed by atoms with E-state index in [1.54, 1.807) is 0 Å². The molecule has 0 fully saturated rings. The average molecular weight is 271 g/mol. The van der Waals surface area contributed by atoms with Crippen LogP contribution in [-0.4, -0.2) is 4.57 Å². The van der Waals surface area contributed by atoms with E-state index >= 15 is 0 Å². The van der Waals surface area contributed by atoms with Gasteiger partial charge in [0.2, 0.25) is 0 Å². The van der Waals surface area contributed by atoms with Gasteiger partial charge >= 0.3 is 0 Å². The zero-order chi connectivity index (χ0) is 14.2. The van der Waals surface area contributed by atoms with Crippen LogP contribution in [0.2, 0.25) is 0 Å². The summed E-state index contributed by atoms with van der Waals surface area (Å²) < 4.78 is 4.65. The summed E-state index contributed by atoms with van der Waals surface area (Å²) in [5, 5.41) is 0. The Balaban J connectivity index is 1.93. The largest absolute Gasteiger partial charge is 0.256 e. The molecule has 0 aliphatic carbocycles. The Morgan fingerprint density at radius 1 is 1.00 bits per heavy atom. The molecular weight excluding hydrogens is 244 g/mol. The van der Waals surface area contributed by atoms with Crippen LogP contribution >= 0.6 is 0 Å². The van der Waals surface area contributed by atoms with Crippen LogP contribution in [0.5, 0.6) is 0 Å². The van der Waals surface area contributed by atoms with Crippen molar-refractivity contribution in [2.24, 2.45) is 7.05 Å². The van der Waals surface area contributed by atoms with Gasteiger partial charge in [0.05, 0.1) is 7.05 Å². The molecule has 0 radical (unpaired) electrons. The van der Waals surface area contributed by atoms with Gasteiger partial charge in [-0.3, -0.25) is 0 Å². The predicted octanol–water partition coefficient (Wildman–Crippen LogP) is 3.87. The van der Waals surface area contributed by atoms with E-state index in [0.29, 0.717) is 0 Å². The van der Waals surface area contributed by atoms with Crippen LogP contribution in [0, 0.1) is 0 Å². The number of rotatable bonds is 8. The molecule has 0 amide bonds. The Morgan fingerprint density at radius 3 is 2.50 bits per heavy atom. The van der Waals surface area contributed by atoms with Crippen LogP contribution in [0.3, 0.4) is 0 Å². The van der Waals surface area contributed by atoms with E-state index in [4.69, 9.17) is 0 Å². The summed E-state index contributed by atoms with van der Waals surface area (Å²) in [6.45, 7) is 3.25. The summed E-state index contributed by atoms with van der Waals surface area (Å²) in [6, 6.07) is 10.7. The number of hydrogen-bond acceptors (Lipinski definition) is 0. The number of nitrogens with zero attached hydrogens (tertiary/aromatic N) is 2. The van der Waals surface area contributed by atoms with E-state index in [1.165, 1.54) is 49.9 Å². The van der Waals surface area contributed by atoms with E-state index in [2.05, 4.69) is 65.8 Å². The molecule has 1 aromatic carbocycles. The quantitative estimate of drug-likeness (QED) is 0.509. The number of benzene rings is 1. The van der Waals surface area contributed by atoms with Crippen molar-refractivity contribution in [3.8, 4) is 0 Å². The first-order valence-corrected chi connectivity index (χ1v) is 7.89. The normalized spacial score (nSPS) is 10.9. The SMILES string of the molecule is CCCCCCCc1n(Cc2ccccc2)cc[n+]1C. The lowest BCUT2D eigenvalue weighted by Gasteiger charge is -2.04. The lowest BCUT2D eigenvalue weighted by molar-refractivity contribution is -0.678. The molecule has 0 aliphatic rings. The third kappa shape index (κ3) is 4.22. The highest BCUT2D eigenvalue weighted by atomic mass is 15.1. The molecular formula is C18H27N2+. The number of unbranched alkanes of at least 4 members (excludes halogenated alkanes) is 4. The summed E-state index contributed by atoms with van der Waals surface area (Å²) in [7, 11) is 2.16. The maximum Gasteiger partial charge on any atom is 0.256 e. The number of imidazole rings is 1. The van der Waals surface area contributed by atoms with E-state index < -0.39 is 0 Å². The van der Waals surface area contributed by atoms with Gasteiger partial charge < -0.3 is 0 Å². The van der Waals surface area contributed by atoms with Crippen LogP contribution in [-0.2, 0) is 20.0 Å². The van der Waals surface area contributed by atoms with Crippen molar-refractivity contribution >= 4 is 0 Å². The predicted molar refractivity (Wildman–Crippen MR) is 83.6 cm³/mol. The maximum atomic E-state index is 2.38. The zero-order valence-corrected chi connectivity index (χ0v) is 12.9. The smallest absolute Gasteiger partial charge is 0.237 e. The number of aryl methyl sites for hydroxylation is 1. The Bertz CT molecular complexity index is 499. The van der Waals surface area contributed by atoms with Crippen molar-refractivity contribution in [3.05, 3.63) is 54.1 Å². The summed E-state index contributed by atoms with van der Waals surface area (Å²) >= 11 is 0. The Labute approximate surface area is 123 Å². The minimum absolute atomic E-state index is 0.978. The monoisotopic (exact) mass is 271 g/mol. The molecule has 2 aromatic rings. The highest BCUT2D eigenvalue weighted by molar-refractivity contribution is 5.15. The molecule has 2 heteroatoms. The number of hydrogen-bond donors (Lipinski definition) is 0.